The number of fused-ring (bicyclic) bond motifs is 1. The van der Waals surface area contributed by atoms with Crippen molar-refractivity contribution in [1.29, 1.82) is 0 Å². The van der Waals surface area contributed by atoms with Crippen LogP contribution in [0.1, 0.15) is 31.2 Å². The summed E-state index contributed by atoms with van der Waals surface area (Å²) in [6.45, 7) is 2.24. The standard InChI is InChI=1S/C16H21FN2O2S.C2HF3O2/c17-13-3-1-2-12(10-13)11-18-8-6-16-15(18)7-9-19(16)22(20,21)14-4-5-14;3-2(4,5)1(6)7/h1-3,10,14-16H,4-9,11H2;(H,6,7)/t15-,16+;/m1./s1. The summed E-state index contributed by atoms with van der Waals surface area (Å²) < 4.78 is 71.8. The van der Waals surface area contributed by atoms with E-state index in [-0.39, 0.29) is 23.2 Å². The number of sulfonamides is 1. The minimum atomic E-state index is -5.08. The summed E-state index contributed by atoms with van der Waals surface area (Å²) in [5.41, 5.74) is 0.962. The first kappa shape index (κ1) is 22.0. The van der Waals surface area contributed by atoms with Crippen molar-refractivity contribution < 1.29 is 35.9 Å². The molecule has 0 spiro atoms. The Hall–Kier alpha value is -1.72. The molecule has 2 saturated heterocycles. The summed E-state index contributed by atoms with van der Waals surface area (Å²) in [4.78, 5) is 11.2. The third-order valence-electron chi connectivity index (χ3n) is 5.43. The molecule has 3 aliphatic rings. The second kappa shape index (κ2) is 8.19. The predicted octanol–water partition coefficient (Wildman–Crippen LogP) is 2.60. The molecule has 1 saturated carbocycles. The van der Waals surface area contributed by atoms with Gasteiger partial charge < -0.3 is 5.11 Å². The average molecular weight is 438 g/mol. The molecule has 3 fully saturated rings. The number of nitrogens with zero attached hydrogens (tertiary/aromatic N) is 2. The number of benzene rings is 1. The Morgan fingerprint density at radius 3 is 2.28 bits per heavy atom. The minimum Gasteiger partial charge on any atom is -0.475 e. The molecule has 0 radical (unpaired) electrons. The number of rotatable bonds is 4. The van der Waals surface area contributed by atoms with Gasteiger partial charge in [0.15, 0.2) is 0 Å². The molecular weight excluding hydrogens is 416 g/mol. The maximum atomic E-state index is 13.3. The van der Waals surface area contributed by atoms with Crippen LogP contribution in [0.4, 0.5) is 17.6 Å². The molecule has 1 aliphatic carbocycles. The van der Waals surface area contributed by atoms with Crippen LogP contribution < -0.4 is 0 Å². The fourth-order valence-corrected chi connectivity index (χ4v) is 6.07. The van der Waals surface area contributed by atoms with E-state index in [1.807, 2.05) is 6.07 Å². The zero-order chi connectivity index (χ0) is 21.4. The fourth-order valence-electron chi connectivity index (χ4n) is 3.98. The van der Waals surface area contributed by atoms with Crippen LogP contribution in [0.3, 0.4) is 0 Å². The van der Waals surface area contributed by atoms with Gasteiger partial charge in [-0.1, -0.05) is 12.1 Å². The molecule has 2 aliphatic heterocycles. The van der Waals surface area contributed by atoms with Gasteiger partial charge in [0.2, 0.25) is 10.0 Å². The van der Waals surface area contributed by atoms with Crippen molar-refractivity contribution in [2.75, 3.05) is 13.1 Å². The number of halogens is 4. The molecular formula is C18H22F4N2O4S. The van der Waals surface area contributed by atoms with Crippen molar-refractivity contribution in [2.45, 2.75) is 55.7 Å². The SMILES string of the molecule is O=C(O)C(F)(F)F.O=S(=O)(C1CC1)N1CC[C@@H]2[C@@H]1CCN2Cc1cccc(F)c1. The van der Waals surface area contributed by atoms with Crippen LogP contribution >= 0.6 is 0 Å². The molecule has 11 heteroatoms. The van der Waals surface area contributed by atoms with Gasteiger partial charge >= 0.3 is 12.1 Å². The molecule has 4 rings (SSSR count). The Kier molecular flexibility index (Phi) is 6.21. The summed E-state index contributed by atoms with van der Waals surface area (Å²) in [5.74, 6) is -2.97. The van der Waals surface area contributed by atoms with E-state index in [9.17, 15) is 26.0 Å². The van der Waals surface area contributed by atoms with Crippen molar-refractivity contribution >= 4 is 16.0 Å². The maximum absolute atomic E-state index is 13.3. The quantitative estimate of drug-likeness (QED) is 0.732. The number of carboxylic acids is 1. The van der Waals surface area contributed by atoms with Crippen molar-refractivity contribution in [2.24, 2.45) is 0 Å². The van der Waals surface area contributed by atoms with E-state index in [0.717, 1.165) is 37.8 Å². The third-order valence-corrected chi connectivity index (χ3v) is 7.85. The second-order valence-electron chi connectivity index (χ2n) is 7.47. The molecule has 0 bridgehead atoms. The highest BCUT2D eigenvalue weighted by atomic mass is 32.2. The van der Waals surface area contributed by atoms with E-state index in [4.69, 9.17) is 9.90 Å². The van der Waals surface area contributed by atoms with E-state index in [1.165, 1.54) is 6.07 Å². The van der Waals surface area contributed by atoms with Crippen LogP contribution in [0.25, 0.3) is 0 Å². The van der Waals surface area contributed by atoms with Crippen LogP contribution in [0.15, 0.2) is 24.3 Å². The zero-order valence-corrected chi connectivity index (χ0v) is 16.3. The number of carboxylic acid groups (broad SMARTS) is 1. The topological polar surface area (TPSA) is 77.9 Å². The van der Waals surface area contributed by atoms with Gasteiger partial charge in [0, 0.05) is 31.7 Å². The minimum absolute atomic E-state index is 0.122. The molecule has 6 nitrogen and oxygen atoms in total. The van der Waals surface area contributed by atoms with Gasteiger partial charge in [-0.15, -0.1) is 0 Å². The summed E-state index contributed by atoms with van der Waals surface area (Å²) >= 11 is 0. The Bertz CT molecular complexity index is 858. The third kappa shape index (κ3) is 5.07. The molecule has 0 aromatic heterocycles. The summed E-state index contributed by atoms with van der Waals surface area (Å²) in [6, 6.07) is 7.10. The van der Waals surface area contributed by atoms with E-state index >= 15 is 0 Å². The smallest absolute Gasteiger partial charge is 0.475 e. The highest BCUT2D eigenvalue weighted by Crippen LogP contribution is 2.39. The molecule has 29 heavy (non-hydrogen) atoms. The lowest BCUT2D eigenvalue weighted by atomic mass is 10.1. The van der Waals surface area contributed by atoms with Gasteiger partial charge in [0.25, 0.3) is 0 Å². The van der Waals surface area contributed by atoms with E-state index in [2.05, 4.69) is 4.90 Å². The summed E-state index contributed by atoms with van der Waals surface area (Å²) in [5, 5.41) is 7.00. The number of hydrogen-bond donors (Lipinski definition) is 1. The molecule has 162 valence electrons. The zero-order valence-electron chi connectivity index (χ0n) is 15.5. The normalized spacial score (nSPS) is 25.4. The first-order valence-electron chi connectivity index (χ1n) is 9.29. The van der Waals surface area contributed by atoms with Crippen molar-refractivity contribution in [3.63, 3.8) is 0 Å². The first-order valence-corrected chi connectivity index (χ1v) is 10.8. The van der Waals surface area contributed by atoms with E-state index < -0.39 is 22.2 Å². The molecule has 1 aromatic carbocycles. The number of carbonyl (C=O) groups is 1. The van der Waals surface area contributed by atoms with Crippen LogP contribution in [0.2, 0.25) is 0 Å². The number of alkyl halides is 3. The van der Waals surface area contributed by atoms with Crippen LogP contribution in [-0.2, 0) is 21.4 Å². The molecule has 2 atom stereocenters. The molecule has 2 heterocycles. The summed E-state index contributed by atoms with van der Waals surface area (Å²) in [7, 11) is -3.08. The lowest BCUT2D eigenvalue weighted by Crippen LogP contribution is -2.41. The average Bonchev–Trinajstić information content (AvgIpc) is 3.29. The van der Waals surface area contributed by atoms with Gasteiger partial charge in [-0.05, 0) is 43.4 Å². The van der Waals surface area contributed by atoms with Gasteiger partial charge in [0.1, 0.15) is 5.82 Å². The monoisotopic (exact) mass is 438 g/mol. The number of hydrogen-bond acceptors (Lipinski definition) is 4. The van der Waals surface area contributed by atoms with Gasteiger partial charge in [-0.3, -0.25) is 4.90 Å². The van der Waals surface area contributed by atoms with Crippen LogP contribution in [-0.4, -0.2) is 65.3 Å². The van der Waals surface area contributed by atoms with E-state index in [0.29, 0.717) is 13.1 Å². The van der Waals surface area contributed by atoms with Gasteiger partial charge in [-0.2, -0.15) is 17.5 Å². The Morgan fingerprint density at radius 2 is 1.72 bits per heavy atom. The lowest BCUT2D eigenvalue weighted by molar-refractivity contribution is -0.192. The molecule has 1 N–H and O–H groups in total. The molecule has 1 aromatic rings. The Balaban J connectivity index is 0.000000298. The van der Waals surface area contributed by atoms with E-state index in [1.54, 1.807) is 16.4 Å². The number of aliphatic carboxylic acids is 1. The summed E-state index contributed by atoms with van der Waals surface area (Å²) in [6.07, 6.45) is -1.65. The highest BCUT2D eigenvalue weighted by Gasteiger charge is 2.50. The van der Waals surface area contributed by atoms with Crippen molar-refractivity contribution in [1.82, 2.24) is 9.21 Å². The largest absolute Gasteiger partial charge is 0.490 e. The fraction of sp³-hybridized carbons (Fsp3) is 0.611. The lowest BCUT2D eigenvalue weighted by Gasteiger charge is -2.25. The molecule has 0 unspecified atom stereocenters. The van der Waals surface area contributed by atoms with Crippen LogP contribution in [0.5, 0.6) is 0 Å². The Labute approximate surface area is 166 Å². The Morgan fingerprint density at radius 1 is 1.10 bits per heavy atom. The maximum Gasteiger partial charge on any atom is 0.490 e. The van der Waals surface area contributed by atoms with Gasteiger partial charge in [-0.25, -0.2) is 17.6 Å². The van der Waals surface area contributed by atoms with Crippen LogP contribution in [0, 0.1) is 5.82 Å². The second-order valence-corrected chi connectivity index (χ2v) is 9.64. The van der Waals surface area contributed by atoms with Crippen molar-refractivity contribution in [3.8, 4) is 0 Å². The highest BCUT2D eigenvalue weighted by molar-refractivity contribution is 7.90. The first-order chi connectivity index (χ1) is 13.5. The van der Waals surface area contributed by atoms with Gasteiger partial charge in [0.05, 0.1) is 5.25 Å². The number of likely N-dealkylation sites (tertiary alicyclic amines) is 1. The van der Waals surface area contributed by atoms with Crippen molar-refractivity contribution in [3.05, 3.63) is 35.6 Å². The molecule has 0 amide bonds. The predicted molar refractivity (Wildman–Crippen MR) is 96.0 cm³/mol.